The number of benzene rings is 1. The molecule has 0 amide bonds. The van der Waals surface area contributed by atoms with Crippen LogP contribution in [0.2, 0.25) is 0 Å². The normalized spacial score (nSPS) is 41.9. The first-order valence-electron chi connectivity index (χ1n) is 7.15. The van der Waals surface area contributed by atoms with E-state index in [1.807, 2.05) is 30.3 Å². The van der Waals surface area contributed by atoms with E-state index in [0.717, 1.165) is 31.5 Å². The first kappa shape index (κ1) is 12.0. The van der Waals surface area contributed by atoms with Crippen molar-refractivity contribution in [3.8, 4) is 0 Å². The van der Waals surface area contributed by atoms with Crippen LogP contribution in [0.3, 0.4) is 0 Å². The smallest absolute Gasteiger partial charge is 0.248 e. The molecule has 2 unspecified atom stereocenters. The molecule has 3 atom stereocenters. The summed E-state index contributed by atoms with van der Waals surface area (Å²) in [6, 6.07) is 8.73. The Morgan fingerprint density at radius 1 is 1.20 bits per heavy atom. The summed E-state index contributed by atoms with van der Waals surface area (Å²) in [5.74, 6) is -0.115. The molecule has 104 valence electrons. The fourth-order valence-corrected chi connectivity index (χ4v) is 4.41. The van der Waals surface area contributed by atoms with Gasteiger partial charge in [0, 0.05) is 23.9 Å². The fraction of sp³-hybridized carbons (Fsp3) is 0.533. The Kier molecular flexibility index (Phi) is 2.33. The third-order valence-corrected chi connectivity index (χ3v) is 5.30. The van der Waals surface area contributed by atoms with E-state index < -0.39 is 11.6 Å². The first-order chi connectivity index (χ1) is 9.67. The number of hydrogen-bond donors (Lipinski definition) is 0. The van der Waals surface area contributed by atoms with Crippen LogP contribution in [0, 0.1) is 16.0 Å². The van der Waals surface area contributed by atoms with Crippen molar-refractivity contribution in [3.63, 3.8) is 0 Å². The van der Waals surface area contributed by atoms with Gasteiger partial charge in [0.25, 0.3) is 0 Å². The van der Waals surface area contributed by atoms with Crippen LogP contribution in [-0.2, 0) is 4.79 Å². The molecule has 0 N–H and O–H groups in total. The third kappa shape index (κ3) is 1.28. The Bertz CT molecular complexity index is 580. The highest BCUT2D eigenvalue weighted by Crippen LogP contribution is 2.62. The standard InChI is InChI=1S/C15H16N2O3/c18-14-11-6-8-16(9-7-11)15(14)12(13(15)17(19)20)10-4-2-1-3-5-10/h1-5,11-13H,6-9H2/t12?,13?,15-/m1/s1. The summed E-state index contributed by atoms with van der Waals surface area (Å²) in [6.07, 6.45) is 1.74. The molecule has 1 aromatic carbocycles. The number of fused-ring (bicyclic) bond motifs is 2. The maximum atomic E-state index is 12.7. The quantitative estimate of drug-likeness (QED) is 0.604. The molecule has 2 bridgehead atoms. The van der Waals surface area contributed by atoms with Crippen LogP contribution in [-0.4, -0.2) is 40.3 Å². The number of nitrogens with zero attached hydrogens (tertiary/aromatic N) is 2. The van der Waals surface area contributed by atoms with Gasteiger partial charge in [-0.25, -0.2) is 0 Å². The number of piperidine rings is 3. The van der Waals surface area contributed by atoms with Crippen molar-refractivity contribution < 1.29 is 9.72 Å². The monoisotopic (exact) mass is 272 g/mol. The number of rotatable bonds is 2. The molecule has 0 radical (unpaired) electrons. The molecule has 3 aliphatic heterocycles. The largest absolute Gasteiger partial charge is 0.297 e. The molecule has 0 aromatic heterocycles. The number of carbonyl (C=O) groups is 1. The average Bonchev–Trinajstić information content (AvgIpc) is 3.16. The minimum atomic E-state index is -0.841. The zero-order chi connectivity index (χ0) is 13.9. The fourth-order valence-electron chi connectivity index (χ4n) is 4.41. The van der Waals surface area contributed by atoms with Crippen LogP contribution >= 0.6 is 0 Å². The van der Waals surface area contributed by atoms with Gasteiger partial charge in [0.05, 0.1) is 5.92 Å². The summed E-state index contributed by atoms with van der Waals surface area (Å²) in [4.78, 5) is 26.0. The lowest BCUT2D eigenvalue weighted by atomic mass is 9.78. The van der Waals surface area contributed by atoms with E-state index in [9.17, 15) is 14.9 Å². The molecule has 3 heterocycles. The summed E-state index contributed by atoms with van der Waals surface area (Å²) in [7, 11) is 0. The molecular formula is C15H16N2O3. The van der Waals surface area contributed by atoms with Crippen molar-refractivity contribution in [2.24, 2.45) is 5.92 Å². The van der Waals surface area contributed by atoms with Crippen molar-refractivity contribution in [1.29, 1.82) is 0 Å². The lowest BCUT2D eigenvalue weighted by Crippen LogP contribution is -2.60. The maximum absolute atomic E-state index is 12.7. The van der Waals surface area contributed by atoms with E-state index in [1.54, 1.807) is 0 Å². The van der Waals surface area contributed by atoms with Gasteiger partial charge in [0.2, 0.25) is 6.04 Å². The molecule has 1 saturated carbocycles. The number of Topliss-reactive ketones (excluding diaryl/α,β-unsaturated/α-hetero) is 1. The van der Waals surface area contributed by atoms with Gasteiger partial charge >= 0.3 is 0 Å². The molecule has 3 saturated heterocycles. The Hall–Kier alpha value is -1.75. The Balaban J connectivity index is 1.80. The maximum Gasteiger partial charge on any atom is 0.248 e. The van der Waals surface area contributed by atoms with Gasteiger partial charge in [0.1, 0.15) is 0 Å². The summed E-state index contributed by atoms with van der Waals surface area (Å²) < 4.78 is 0. The molecule has 5 nitrogen and oxygen atoms in total. The van der Waals surface area contributed by atoms with Crippen LogP contribution in [0.4, 0.5) is 0 Å². The minimum absolute atomic E-state index is 0.0381. The second kappa shape index (κ2) is 3.88. The second-order valence-corrected chi connectivity index (χ2v) is 6.07. The zero-order valence-electron chi connectivity index (χ0n) is 11.1. The Labute approximate surface area is 116 Å². The van der Waals surface area contributed by atoms with E-state index in [-0.39, 0.29) is 22.5 Å². The Morgan fingerprint density at radius 3 is 2.40 bits per heavy atom. The van der Waals surface area contributed by atoms with Crippen LogP contribution in [0.1, 0.15) is 24.3 Å². The van der Waals surface area contributed by atoms with E-state index in [1.165, 1.54) is 0 Å². The van der Waals surface area contributed by atoms with Crippen LogP contribution in [0.5, 0.6) is 0 Å². The van der Waals surface area contributed by atoms with E-state index in [2.05, 4.69) is 4.90 Å². The predicted octanol–water partition coefficient (Wildman–Crippen LogP) is 1.46. The molecule has 4 aliphatic rings. The Morgan fingerprint density at radius 2 is 1.85 bits per heavy atom. The number of carbonyl (C=O) groups excluding carboxylic acids is 1. The average molecular weight is 272 g/mol. The highest BCUT2D eigenvalue weighted by molar-refractivity contribution is 5.98. The van der Waals surface area contributed by atoms with Gasteiger partial charge < -0.3 is 0 Å². The molecule has 20 heavy (non-hydrogen) atoms. The van der Waals surface area contributed by atoms with Crippen molar-refractivity contribution in [3.05, 3.63) is 46.0 Å². The molecule has 4 fully saturated rings. The summed E-state index contributed by atoms with van der Waals surface area (Å²) in [6.45, 7) is 1.65. The first-order valence-corrected chi connectivity index (χ1v) is 7.15. The van der Waals surface area contributed by atoms with Gasteiger partial charge in [-0.1, -0.05) is 30.3 Å². The summed E-state index contributed by atoms with van der Waals surface area (Å²) >= 11 is 0. The summed E-state index contributed by atoms with van der Waals surface area (Å²) in [5.41, 5.74) is 0.0848. The van der Waals surface area contributed by atoms with Crippen LogP contribution in [0.25, 0.3) is 0 Å². The van der Waals surface area contributed by atoms with Gasteiger partial charge in [0.15, 0.2) is 11.3 Å². The highest BCUT2D eigenvalue weighted by Gasteiger charge is 2.83. The zero-order valence-corrected chi connectivity index (χ0v) is 11.1. The summed E-state index contributed by atoms with van der Waals surface area (Å²) in [5, 5.41) is 11.5. The highest BCUT2D eigenvalue weighted by atomic mass is 16.6. The van der Waals surface area contributed by atoms with Crippen molar-refractivity contribution >= 4 is 5.78 Å². The van der Waals surface area contributed by atoms with Crippen LogP contribution in [0.15, 0.2) is 30.3 Å². The van der Waals surface area contributed by atoms with Gasteiger partial charge in [-0.2, -0.15) is 0 Å². The molecule has 1 aliphatic carbocycles. The van der Waals surface area contributed by atoms with Gasteiger partial charge in [-0.05, 0) is 18.4 Å². The predicted molar refractivity (Wildman–Crippen MR) is 72.0 cm³/mol. The van der Waals surface area contributed by atoms with Crippen molar-refractivity contribution in [2.75, 3.05) is 13.1 Å². The SMILES string of the molecule is O=C1C2CCN(CC2)[C@@]12C(c1ccccc1)C2[N+](=O)[O-]. The lowest BCUT2D eigenvalue weighted by molar-refractivity contribution is -0.502. The van der Waals surface area contributed by atoms with Crippen molar-refractivity contribution in [1.82, 2.24) is 4.90 Å². The minimum Gasteiger partial charge on any atom is -0.297 e. The molecule has 1 spiro atoms. The van der Waals surface area contributed by atoms with Gasteiger partial charge in [-0.15, -0.1) is 0 Å². The number of ketones is 1. The lowest BCUT2D eigenvalue weighted by Gasteiger charge is -2.44. The van der Waals surface area contributed by atoms with Crippen LogP contribution < -0.4 is 0 Å². The second-order valence-electron chi connectivity index (χ2n) is 6.07. The molecule has 5 rings (SSSR count). The number of nitro groups is 1. The van der Waals surface area contributed by atoms with E-state index in [0.29, 0.717) is 0 Å². The molecular weight excluding hydrogens is 256 g/mol. The molecule has 1 aromatic rings. The van der Waals surface area contributed by atoms with E-state index >= 15 is 0 Å². The topological polar surface area (TPSA) is 63.5 Å². The van der Waals surface area contributed by atoms with E-state index in [4.69, 9.17) is 0 Å². The third-order valence-electron chi connectivity index (χ3n) is 5.30. The number of hydrogen-bond acceptors (Lipinski definition) is 4. The van der Waals surface area contributed by atoms with Gasteiger partial charge in [-0.3, -0.25) is 19.8 Å². The van der Waals surface area contributed by atoms with Crippen molar-refractivity contribution in [2.45, 2.75) is 30.3 Å². The molecule has 5 heteroatoms.